The van der Waals surface area contributed by atoms with Crippen LogP contribution in [0.25, 0.3) is 0 Å². The van der Waals surface area contributed by atoms with Gasteiger partial charge in [0.15, 0.2) is 0 Å². The number of rotatable bonds is 3. The van der Waals surface area contributed by atoms with Crippen LogP contribution in [-0.4, -0.2) is 23.0 Å². The Morgan fingerprint density at radius 2 is 1.91 bits per heavy atom. The Labute approximate surface area is 133 Å². The van der Waals surface area contributed by atoms with E-state index in [1.54, 1.807) is 16.8 Å². The van der Waals surface area contributed by atoms with E-state index in [1.807, 2.05) is 26.0 Å². The van der Waals surface area contributed by atoms with Gasteiger partial charge in [0.2, 0.25) is 11.8 Å². The van der Waals surface area contributed by atoms with Crippen LogP contribution < -0.4 is 10.3 Å². The smallest absolute Gasteiger partial charge is 0.244 e. The molecule has 1 aromatic heterocycles. The van der Waals surface area contributed by atoms with Crippen molar-refractivity contribution in [2.24, 2.45) is 5.92 Å². The van der Waals surface area contributed by atoms with Crippen molar-refractivity contribution in [2.75, 3.05) is 16.9 Å². The lowest BCUT2D eigenvalue weighted by atomic mass is 10.1. The normalized spacial score (nSPS) is 17.6. The number of carbonyl (C=O) groups excluding carboxylic acids is 2. The minimum atomic E-state index is -0.452. The van der Waals surface area contributed by atoms with Gasteiger partial charge in [0.05, 0.1) is 5.92 Å². The SMILES string of the molecule is Cc1ccc(C)n1NC(=O)C1CC(=O)N(c2cccc(F)c2)C1. The van der Waals surface area contributed by atoms with E-state index in [9.17, 15) is 14.0 Å². The highest BCUT2D eigenvalue weighted by Crippen LogP contribution is 2.26. The molecule has 6 heteroatoms. The first-order valence-corrected chi connectivity index (χ1v) is 7.47. The van der Waals surface area contributed by atoms with Crippen molar-refractivity contribution in [2.45, 2.75) is 20.3 Å². The molecule has 1 aromatic carbocycles. The van der Waals surface area contributed by atoms with Crippen LogP contribution >= 0.6 is 0 Å². The van der Waals surface area contributed by atoms with Crippen LogP contribution in [0.1, 0.15) is 17.8 Å². The van der Waals surface area contributed by atoms with Crippen LogP contribution in [0, 0.1) is 25.6 Å². The lowest BCUT2D eigenvalue weighted by molar-refractivity contribution is -0.123. The summed E-state index contributed by atoms with van der Waals surface area (Å²) in [7, 11) is 0. The van der Waals surface area contributed by atoms with E-state index in [4.69, 9.17) is 0 Å². The number of halogens is 1. The Bertz CT molecular complexity index is 749. The summed E-state index contributed by atoms with van der Waals surface area (Å²) in [6.07, 6.45) is 0.127. The van der Waals surface area contributed by atoms with E-state index in [2.05, 4.69) is 5.43 Å². The molecule has 0 bridgehead atoms. The number of aromatic nitrogens is 1. The second kappa shape index (κ2) is 5.87. The molecule has 5 nitrogen and oxygen atoms in total. The van der Waals surface area contributed by atoms with E-state index in [0.29, 0.717) is 5.69 Å². The van der Waals surface area contributed by atoms with Gasteiger partial charge in [0, 0.05) is 30.0 Å². The lowest BCUT2D eigenvalue weighted by Crippen LogP contribution is -2.32. The number of hydrogen-bond donors (Lipinski definition) is 1. The second-order valence-electron chi connectivity index (χ2n) is 5.81. The molecule has 0 spiro atoms. The minimum Gasteiger partial charge on any atom is -0.311 e. The lowest BCUT2D eigenvalue weighted by Gasteiger charge is -2.17. The van der Waals surface area contributed by atoms with Crippen LogP contribution in [0.4, 0.5) is 10.1 Å². The Morgan fingerprint density at radius 1 is 1.22 bits per heavy atom. The van der Waals surface area contributed by atoms with Crippen molar-refractivity contribution >= 4 is 17.5 Å². The summed E-state index contributed by atoms with van der Waals surface area (Å²) in [4.78, 5) is 26.0. The fourth-order valence-electron chi connectivity index (χ4n) is 2.82. The average Bonchev–Trinajstić information content (AvgIpc) is 3.05. The van der Waals surface area contributed by atoms with E-state index in [1.165, 1.54) is 17.0 Å². The Morgan fingerprint density at radius 3 is 2.57 bits per heavy atom. The molecule has 2 amide bonds. The summed E-state index contributed by atoms with van der Waals surface area (Å²) < 4.78 is 15.0. The number of carbonyl (C=O) groups is 2. The molecule has 1 saturated heterocycles. The fourth-order valence-corrected chi connectivity index (χ4v) is 2.82. The van der Waals surface area contributed by atoms with E-state index < -0.39 is 11.7 Å². The first-order chi connectivity index (χ1) is 11.0. The molecule has 0 radical (unpaired) electrons. The monoisotopic (exact) mass is 315 g/mol. The summed E-state index contributed by atoms with van der Waals surface area (Å²) in [5, 5.41) is 0. The summed E-state index contributed by atoms with van der Waals surface area (Å²) in [5.41, 5.74) is 5.15. The Kier molecular flexibility index (Phi) is 3.90. The quantitative estimate of drug-likeness (QED) is 0.945. The molecule has 1 fully saturated rings. The first kappa shape index (κ1) is 15.3. The van der Waals surface area contributed by atoms with Gasteiger partial charge < -0.3 is 4.90 Å². The number of nitrogens with zero attached hydrogens (tertiary/aromatic N) is 2. The zero-order valence-electron chi connectivity index (χ0n) is 13.0. The summed E-state index contributed by atoms with van der Waals surface area (Å²) in [6.45, 7) is 4.05. The molecule has 0 saturated carbocycles. The molecule has 3 rings (SSSR count). The molecule has 1 unspecified atom stereocenters. The maximum atomic E-state index is 13.3. The molecule has 2 heterocycles. The number of amides is 2. The number of benzene rings is 1. The molecule has 2 aromatic rings. The van der Waals surface area contributed by atoms with E-state index in [-0.39, 0.29) is 24.8 Å². The largest absolute Gasteiger partial charge is 0.311 e. The van der Waals surface area contributed by atoms with Crippen molar-refractivity contribution < 1.29 is 14.0 Å². The van der Waals surface area contributed by atoms with Gasteiger partial charge >= 0.3 is 0 Å². The zero-order valence-corrected chi connectivity index (χ0v) is 13.0. The molecule has 0 aliphatic carbocycles. The number of hydrogen-bond acceptors (Lipinski definition) is 2. The Balaban J connectivity index is 1.73. The average molecular weight is 315 g/mol. The molecule has 1 N–H and O–H groups in total. The zero-order chi connectivity index (χ0) is 16.6. The van der Waals surface area contributed by atoms with Gasteiger partial charge in [-0.2, -0.15) is 0 Å². The second-order valence-corrected chi connectivity index (χ2v) is 5.81. The molecule has 1 aliphatic heterocycles. The van der Waals surface area contributed by atoms with Gasteiger partial charge in [0.1, 0.15) is 5.82 Å². The molecule has 1 atom stereocenters. The third-order valence-electron chi connectivity index (χ3n) is 4.11. The molecule has 120 valence electrons. The van der Waals surface area contributed by atoms with Crippen LogP contribution in [0.2, 0.25) is 0 Å². The van der Waals surface area contributed by atoms with Crippen molar-refractivity contribution in [1.29, 1.82) is 0 Å². The Hall–Kier alpha value is -2.63. The van der Waals surface area contributed by atoms with Crippen molar-refractivity contribution in [3.8, 4) is 0 Å². The molecular formula is C17H18FN3O2. The van der Waals surface area contributed by atoms with Crippen LogP contribution in [0.15, 0.2) is 36.4 Å². The minimum absolute atomic E-state index is 0.127. The summed E-state index contributed by atoms with van der Waals surface area (Å²) in [5.74, 6) is -1.23. The van der Waals surface area contributed by atoms with Gasteiger partial charge in [-0.15, -0.1) is 0 Å². The molecular weight excluding hydrogens is 297 g/mol. The van der Waals surface area contributed by atoms with Crippen LogP contribution in [0.3, 0.4) is 0 Å². The topological polar surface area (TPSA) is 54.3 Å². The third kappa shape index (κ3) is 2.97. The highest BCUT2D eigenvalue weighted by Gasteiger charge is 2.35. The highest BCUT2D eigenvalue weighted by atomic mass is 19.1. The number of aryl methyl sites for hydroxylation is 2. The first-order valence-electron chi connectivity index (χ1n) is 7.47. The predicted molar refractivity (Wildman–Crippen MR) is 85.1 cm³/mol. The van der Waals surface area contributed by atoms with Crippen molar-refractivity contribution in [3.05, 3.63) is 53.6 Å². The van der Waals surface area contributed by atoms with Crippen molar-refractivity contribution in [1.82, 2.24) is 4.68 Å². The number of anilines is 1. The van der Waals surface area contributed by atoms with Gasteiger partial charge in [-0.05, 0) is 44.2 Å². The summed E-state index contributed by atoms with van der Waals surface area (Å²) in [6, 6.07) is 9.67. The number of nitrogens with one attached hydrogen (secondary N) is 1. The van der Waals surface area contributed by atoms with Gasteiger partial charge in [0.25, 0.3) is 0 Å². The van der Waals surface area contributed by atoms with E-state index in [0.717, 1.165) is 11.4 Å². The van der Waals surface area contributed by atoms with Gasteiger partial charge in [-0.1, -0.05) is 6.07 Å². The predicted octanol–water partition coefficient (Wildman–Crippen LogP) is 2.37. The van der Waals surface area contributed by atoms with Crippen LogP contribution in [0.5, 0.6) is 0 Å². The summed E-state index contributed by atoms with van der Waals surface area (Å²) >= 11 is 0. The van der Waals surface area contributed by atoms with E-state index >= 15 is 0 Å². The van der Waals surface area contributed by atoms with Crippen molar-refractivity contribution in [3.63, 3.8) is 0 Å². The molecule has 23 heavy (non-hydrogen) atoms. The third-order valence-corrected chi connectivity index (χ3v) is 4.11. The maximum Gasteiger partial charge on any atom is 0.244 e. The maximum absolute atomic E-state index is 13.3. The standard InChI is InChI=1S/C17H18FN3O2/c1-11-6-7-12(2)21(11)19-17(23)13-8-16(22)20(10-13)15-5-3-4-14(18)9-15/h3-7,9,13H,8,10H2,1-2H3,(H,19,23). The fraction of sp³-hybridized carbons (Fsp3) is 0.294. The van der Waals surface area contributed by atoms with Gasteiger partial charge in [-0.25, -0.2) is 4.39 Å². The van der Waals surface area contributed by atoms with Gasteiger partial charge in [-0.3, -0.25) is 19.7 Å². The van der Waals surface area contributed by atoms with Crippen LogP contribution in [-0.2, 0) is 9.59 Å². The molecule has 1 aliphatic rings. The highest BCUT2D eigenvalue weighted by molar-refractivity contribution is 6.01.